The van der Waals surface area contributed by atoms with Crippen LogP contribution in [0.1, 0.15) is 11.1 Å². The molecule has 7 nitrogen and oxygen atoms in total. The van der Waals surface area contributed by atoms with Gasteiger partial charge in [-0.3, -0.25) is 9.89 Å². The maximum absolute atomic E-state index is 12.5. The summed E-state index contributed by atoms with van der Waals surface area (Å²) < 4.78 is 26.6. The third-order valence-electron chi connectivity index (χ3n) is 5.38. The number of hydrogen-bond acceptors (Lipinski definition) is 5. The molecule has 2 saturated heterocycles. The Bertz CT molecular complexity index is 786. The first-order chi connectivity index (χ1) is 14.0. The molecule has 0 saturated carbocycles. The molecule has 2 heterocycles. The standard InChI is InChI=1S/C20H33N5O2S2/c1-18-4-3-5-19(16-18)17-23-7-9-24(10-8-23)20(21-2)22-6-15-29(26,27)25-11-13-28-14-12-25/h3-5,16H,6-15,17H2,1-2H3,(H,21,22). The number of benzene rings is 1. The monoisotopic (exact) mass is 439 g/mol. The van der Waals surface area contributed by atoms with Gasteiger partial charge in [-0.15, -0.1) is 0 Å². The molecular weight excluding hydrogens is 406 g/mol. The molecule has 0 bridgehead atoms. The van der Waals surface area contributed by atoms with Gasteiger partial charge in [0.15, 0.2) is 5.96 Å². The zero-order valence-electron chi connectivity index (χ0n) is 17.5. The van der Waals surface area contributed by atoms with Gasteiger partial charge in [0.05, 0.1) is 5.75 Å². The van der Waals surface area contributed by atoms with Crippen molar-refractivity contribution < 1.29 is 8.42 Å². The van der Waals surface area contributed by atoms with E-state index in [0.29, 0.717) is 19.6 Å². The Morgan fingerprint density at radius 3 is 2.52 bits per heavy atom. The largest absolute Gasteiger partial charge is 0.355 e. The van der Waals surface area contributed by atoms with Crippen LogP contribution >= 0.6 is 11.8 Å². The lowest BCUT2D eigenvalue weighted by Gasteiger charge is -2.36. The van der Waals surface area contributed by atoms with Crippen molar-refractivity contribution in [1.82, 2.24) is 19.4 Å². The van der Waals surface area contributed by atoms with Gasteiger partial charge in [0.25, 0.3) is 0 Å². The summed E-state index contributed by atoms with van der Waals surface area (Å²) in [5.74, 6) is 2.69. The van der Waals surface area contributed by atoms with Crippen LogP contribution in [0, 0.1) is 6.92 Å². The molecule has 162 valence electrons. The maximum atomic E-state index is 12.5. The highest BCUT2D eigenvalue weighted by Crippen LogP contribution is 2.13. The summed E-state index contributed by atoms with van der Waals surface area (Å²) in [6.07, 6.45) is 0. The minimum atomic E-state index is -3.19. The first kappa shape index (κ1) is 22.4. The zero-order valence-corrected chi connectivity index (χ0v) is 19.1. The number of nitrogens with one attached hydrogen (secondary N) is 1. The van der Waals surface area contributed by atoms with E-state index in [1.54, 1.807) is 11.4 Å². The number of piperazine rings is 1. The lowest BCUT2D eigenvalue weighted by molar-refractivity contribution is 0.172. The number of rotatable bonds is 6. The zero-order chi connectivity index (χ0) is 20.7. The van der Waals surface area contributed by atoms with E-state index in [0.717, 1.165) is 50.2 Å². The highest BCUT2D eigenvalue weighted by molar-refractivity contribution is 7.99. The molecule has 3 rings (SSSR count). The highest BCUT2D eigenvalue weighted by atomic mass is 32.2. The number of sulfonamides is 1. The Morgan fingerprint density at radius 1 is 1.14 bits per heavy atom. The Kier molecular flexibility index (Phi) is 8.23. The molecule has 0 aromatic heterocycles. The van der Waals surface area contributed by atoms with Gasteiger partial charge >= 0.3 is 0 Å². The number of nitrogens with zero attached hydrogens (tertiary/aromatic N) is 4. The van der Waals surface area contributed by atoms with Crippen LogP contribution in [0.5, 0.6) is 0 Å². The number of aryl methyl sites for hydroxylation is 1. The van der Waals surface area contributed by atoms with Crippen molar-refractivity contribution in [2.24, 2.45) is 4.99 Å². The molecule has 2 aliphatic rings. The average molecular weight is 440 g/mol. The van der Waals surface area contributed by atoms with Crippen molar-refractivity contribution in [2.45, 2.75) is 13.5 Å². The van der Waals surface area contributed by atoms with Crippen molar-refractivity contribution >= 4 is 27.7 Å². The molecule has 1 N–H and O–H groups in total. The molecule has 0 spiro atoms. The molecule has 1 aromatic rings. The average Bonchev–Trinajstić information content (AvgIpc) is 2.73. The van der Waals surface area contributed by atoms with Crippen molar-refractivity contribution in [3.05, 3.63) is 35.4 Å². The van der Waals surface area contributed by atoms with Crippen LogP contribution < -0.4 is 5.32 Å². The van der Waals surface area contributed by atoms with Crippen LogP contribution in [0.4, 0.5) is 0 Å². The topological polar surface area (TPSA) is 68.2 Å². The van der Waals surface area contributed by atoms with Crippen LogP contribution in [0.25, 0.3) is 0 Å². The van der Waals surface area contributed by atoms with E-state index in [2.05, 4.69) is 51.3 Å². The van der Waals surface area contributed by atoms with Gasteiger partial charge in [-0.1, -0.05) is 29.8 Å². The molecule has 1 aromatic carbocycles. The summed E-state index contributed by atoms with van der Waals surface area (Å²) in [6.45, 7) is 8.47. The summed E-state index contributed by atoms with van der Waals surface area (Å²) in [4.78, 5) is 9.04. The molecule has 0 atom stereocenters. The van der Waals surface area contributed by atoms with Crippen LogP contribution in [-0.4, -0.2) is 98.6 Å². The fourth-order valence-corrected chi connectivity index (χ4v) is 6.26. The summed E-state index contributed by atoms with van der Waals surface area (Å²) in [5.41, 5.74) is 2.64. The molecule has 9 heteroatoms. The second-order valence-corrected chi connectivity index (χ2v) is 10.9. The third kappa shape index (κ3) is 6.60. The van der Waals surface area contributed by atoms with E-state index >= 15 is 0 Å². The molecule has 2 fully saturated rings. The molecule has 29 heavy (non-hydrogen) atoms. The molecule has 0 unspecified atom stereocenters. The summed E-state index contributed by atoms with van der Waals surface area (Å²) in [6, 6.07) is 8.67. The van der Waals surface area contributed by atoms with E-state index in [1.807, 2.05) is 11.8 Å². The van der Waals surface area contributed by atoms with E-state index in [9.17, 15) is 8.42 Å². The second kappa shape index (κ2) is 10.7. The molecule has 2 aliphatic heterocycles. The van der Waals surface area contributed by atoms with Gasteiger partial charge in [-0.25, -0.2) is 12.7 Å². The Hall–Kier alpha value is -1.29. The summed E-state index contributed by atoms with van der Waals surface area (Å²) >= 11 is 1.82. The quantitative estimate of drug-likeness (QED) is 0.528. The van der Waals surface area contributed by atoms with Crippen LogP contribution in [0.3, 0.4) is 0 Å². The lowest BCUT2D eigenvalue weighted by atomic mass is 10.1. The van der Waals surface area contributed by atoms with Crippen molar-refractivity contribution in [1.29, 1.82) is 0 Å². The normalized spacial score (nSPS) is 20.1. The SMILES string of the molecule is CN=C(NCCS(=O)(=O)N1CCSCC1)N1CCN(Cc2cccc(C)c2)CC1. The van der Waals surface area contributed by atoms with Crippen molar-refractivity contribution in [3.8, 4) is 0 Å². The number of thioether (sulfide) groups is 1. The van der Waals surface area contributed by atoms with E-state index < -0.39 is 10.0 Å². The minimum absolute atomic E-state index is 0.115. The van der Waals surface area contributed by atoms with E-state index in [4.69, 9.17) is 0 Å². The Labute approximate surface area is 179 Å². The lowest BCUT2D eigenvalue weighted by Crippen LogP contribution is -2.53. The van der Waals surface area contributed by atoms with Crippen LogP contribution in [-0.2, 0) is 16.6 Å². The Morgan fingerprint density at radius 2 is 1.86 bits per heavy atom. The summed E-state index contributed by atoms with van der Waals surface area (Å²) in [5, 5.41) is 3.25. The summed E-state index contributed by atoms with van der Waals surface area (Å²) in [7, 11) is -1.43. The first-order valence-electron chi connectivity index (χ1n) is 10.3. The van der Waals surface area contributed by atoms with Gasteiger partial charge in [0.2, 0.25) is 10.0 Å². The predicted molar refractivity (Wildman–Crippen MR) is 122 cm³/mol. The van der Waals surface area contributed by atoms with Gasteiger partial charge < -0.3 is 10.2 Å². The Balaban J connectivity index is 1.43. The molecule has 0 aliphatic carbocycles. The number of guanidine groups is 1. The fraction of sp³-hybridized carbons (Fsp3) is 0.650. The van der Waals surface area contributed by atoms with Gasteiger partial charge in [0, 0.05) is 70.9 Å². The smallest absolute Gasteiger partial charge is 0.215 e. The van der Waals surface area contributed by atoms with Gasteiger partial charge in [-0.05, 0) is 12.5 Å². The second-order valence-electron chi connectivity index (χ2n) is 7.55. The highest BCUT2D eigenvalue weighted by Gasteiger charge is 2.24. The third-order valence-corrected chi connectivity index (χ3v) is 8.19. The van der Waals surface area contributed by atoms with E-state index in [-0.39, 0.29) is 5.75 Å². The molecule has 0 amide bonds. The van der Waals surface area contributed by atoms with Crippen LogP contribution in [0.2, 0.25) is 0 Å². The maximum Gasteiger partial charge on any atom is 0.215 e. The minimum Gasteiger partial charge on any atom is -0.355 e. The molecule has 0 radical (unpaired) electrons. The van der Waals surface area contributed by atoms with Crippen molar-refractivity contribution in [3.63, 3.8) is 0 Å². The number of aliphatic imine (C=N–C) groups is 1. The van der Waals surface area contributed by atoms with Crippen molar-refractivity contribution in [2.75, 3.05) is 70.1 Å². The number of hydrogen-bond donors (Lipinski definition) is 1. The predicted octanol–water partition coefficient (Wildman–Crippen LogP) is 1.07. The van der Waals surface area contributed by atoms with Gasteiger partial charge in [0.1, 0.15) is 0 Å². The molecular formula is C20H33N5O2S2. The first-order valence-corrected chi connectivity index (χ1v) is 13.0. The van der Waals surface area contributed by atoms with E-state index in [1.165, 1.54) is 11.1 Å². The van der Waals surface area contributed by atoms with Gasteiger partial charge in [-0.2, -0.15) is 11.8 Å². The fourth-order valence-electron chi connectivity index (χ4n) is 3.76. The van der Waals surface area contributed by atoms with Crippen LogP contribution in [0.15, 0.2) is 29.3 Å².